The van der Waals surface area contributed by atoms with Crippen LogP contribution in [0.25, 0.3) is 0 Å². The number of nitrogens with zero attached hydrogens (tertiary/aromatic N) is 2. The smallest absolute Gasteiger partial charge is 0.289 e. The molecule has 1 aromatic carbocycles. The van der Waals surface area contributed by atoms with Crippen LogP contribution in [0.4, 0.5) is 4.79 Å². The van der Waals surface area contributed by atoms with E-state index in [0.717, 1.165) is 17.3 Å². The van der Waals surface area contributed by atoms with Crippen molar-refractivity contribution < 1.29 is 22.7 Å². The highest BCUT2D eigenvalue weighted by Crippen LogP contribution is 2.30. The van der Waals surface area contributed by atoms with Crippen molar-refractivity contribution in [3.63, 3.8) is 0 Å². The fraction of sp³-hybridized carbons (Fsp3) is 0.500. The minimum atomic E-state index is -3.67. The largest absolute Gasteiger partial charge is 0.494 e. The standard InChI is InChI=1S/C16H20N2O5S2/c1-3-23-14-5-4-13(8-11(14)2)25(21,22)17-7-6-12(9-17)18-15(19)10-24-16(18)20/h4-5,8,12H,3,6-7,9-10H2,1-2H3. The molecule has 7 nitrogen and oxygen atoms in total. The van der Waals surface area contributed by atoms with Gasteiger partial charge < -0.3 is 4.74 Å². The number of thioether (sulfide) groups is 1. The van der Waals surface area contributed by atoms with Crippen molar-refractivity contribution in [3.05, 3.63) is 23.8 Å². The van der Waals surface area contributed by atoms with Gasteiger partial charge in [-0.05, 0) is 44.0 Å². The van der Waals surface area contributed by atoms with E-state index in [1.165, 1.54) is 15.3 Å². The van der Waals surface area contributed by atoms with Crippen LogP contribution in [-0.2, 0) is 14.8 Å². The first-order valence-corrected chi connectivity index (χ1v) is 10.5. The second-order valence-corrected chi connectivity index (χ2v) is 8.85. The van der Waals surface area contributed by atoms with Crippen LogP contribution in [0.5, 0.6) is 5.75 Å². The molecule has 0 N–H and O–H groups in total. The molecule has 9 heteroatoms. The van der Waals surface area contributed by atoms with E-state index < -0.39 is 10.0 Å². The highest BCUT2D eigenvalue weighted by atomic mass is 32.2. The molecule has 2 amide bonds. The molecule has 1 aromatic rings. The third-order valence-electron chi connectivity index (χ3n) is 4.36. The quantitative estimate of drug-likeness (QED) is 0.770. The van der Waals surface area contributed by atoms with Gasteiger partial charge in [0.15, 0.2) is 0 Å². The van der Waals surface area contributed by atoms with Gasteiger partial charge in [-0.15, -0.1) is 0 Å². The highest BCUT2D eigenvalue weighted by Gasteiger charge is 2.42. The molecule has 2 saturated heterocycles. The van der Waals surface area contributed by atoms with E-state index in [4.69, 9.17) is 4.74 Å². The maximum atomic E-state index is 12.9. The molecule has 25 heavy (non-hydrogen) atoms. The molecule has 1 atom stereocenters. The first kappa shape index (κ1) is 18.2. The number of amides is 2. The van der Waals surface area contributed by atoms with Crippen LogP contribution >= 0.6 is 11.8 Å². The van der Waals surface area contributed by atoms with Gasteiger partial charge >= 0.3 is 0 Å². The topological polar surface area (TPSA) is 84.0 Å². The molecule has 0 aromatic heterocycles. The summed E-state index contributed by atoms with van der Waals surface area (Å²) < 4.78 is 32.5. The second kappa shape index (κ2) is 6.97. The van der Waals surface area contributed by atoms with Gasteiger partial charge in [-0.1, -0.05) is 11.8 Å². The lowest BCUT2D eigenvalue weighted by molar-refractivity contribution is -0.126. The summed E-state index contributed by atoms with van der Waals surface area (Å²) in [6.45, 7) is 4.62. The van der Waals surface area contributed by atoms with Crippen LogP contribution in [-0.4, -0.2) is 60.3 Å². The SMILES string of the molecule is CCOc1ccc(S(=O)(=O)N2CCC(N3C(=O)CSC3=O)C2)cc1C. The van der Waals surface area contributed by atoms with Gasteiger partial charge in [0.25, 0.3) is 5.24 Å². The van der Waals surface area contributed by atoms with Crippen LogP contribution in [0.3, 0.4) is 0 Å². The van der Waals surface area contributed by atoms with Gasteiger partial charge in [0.05, 0.1) is 23.3 Å². The molecular weight excluding hydrogens is 364 g/mol. The van der Waals surface area contributed by atoms with Gasteiger partial charge in [-0.3, -0.25) is 14.5 Å². The Bertz CT molecular complexity index is 793. The number of hydrogen-bond acceptors (Lipinski definition) is 6. The maximum absolute atomic E-state index is 12.9. The first-order chi connectivity index (χ1) is 11.8. The number of sulfonamides is 1. The summed E-state index contributed by atoms with van der Waals surface area (Å²) >= 11 is 0.969. The Kier molecular flexibility index (Phi) is 5.08. The van der Waals surface area contributed by atoms with Crippen LogP contribution in [0.2, 0.25) is 0 Å². The molecule has 2 fully saturated rings. The molecule has 2 aliphatic heterocycles. The van der Waals surface area contributed by atoms with Crippen molar-refractivity contribution in [2.45, 2.75) is 31.2 Å². The molecule has 3 rings (SSSR count). The lowest BCUT2D eigenvalue weighted by Gasteiger charge is -2.22. The Morgan fingerprint density at radius 1 is 1.32 bits per heavy atom. The summed E-state index contributed by atoms with van der Waals surface area (Å²) in [5, 5.41) is -0.286. The van der Waals surface area contributed by atoms with Crippen molar-refractivity contribution >= 4 is 32.9 Å². The second-order valence-electron chi connectivity index (χ2n) is 5.98. The highest BCUT2D eigenvalue weighted by molar-refractivity contribution is 8.14. The minimum absolute atomic E-state index is 0.139. The van der Waals surface area contributed by atoms with Gasteiger partial charge in [-0.25, -0.2) is 8.42 Å². The summed E-state index contributed by atoms with van der Waals surface area (Å²) in [5.41, 5.74) is 0.750. The predicted molar refractivity (Wildman–Crippen MR) is 94.2 cm³/mol. The molecule has 0 saturated carbocycles. The zero-order valence-electron chi connectivity index (χ0n) is 14.1. The molecule has 2 aliphatic rings. The van der Waals surface area contributed by atoms with Crippen molar-refractivity contribution in [2.24, 2.45) is 0 Å². The molecule has 0 radical (unpaired) electrons. The number of imide groups is 1. The summed E-state index contributed by atoms with van der Waals surface area (Å²) in [6, 6.07) is 4.40. The third-order valence-corrected chi connectivity index (χ3v) is 7.06. The van der Waals surface area contributed by atoms with Crippen LogP contribution in [0.15, 0.2) is 23.1 Å². The predicted octanol–water partition coefficient (Wildman–Crippen LogP) is 1.85. The number of benzene rings is 1. The number of hydrogen-bond donors (Lipinski definition) is 0. The normalized spacial score (nSPS) is 22.0. The Balaban J connectivity index is 1.78. The van der Waals surface area contributed by atoms with Crippen LogP contribution in [0.1, 0.15) is 18.9 Å². The van der Waals surface area contributed by atoms with Crippen molar-refractivity contribution in [1.29, 1.82) is 0 Å². The Hall–Kier alpha value is -1.58. The number of carbonyl (C=O) groups is 2. The summed E-state index contributed by atoms with van der Waals surface area (Å²) in [6.07, 6.45) is 0.466. The third kappa shape index (κ3) is 3.40. The molecule has 0 bridgehead atoms. The minimum Gasteiger partial charge on any atom is -0.494 e. The van der Waals surface area contributed by atoms with Crippen molar-refractivity contribution in [1.82, 2.24) is 9.21 Å². The number of aryl methyl sites for hydroxylation is 1. The average Bonchev–Trinajstić information content (AvgIpc) is 3.16. The molecule has 136 valence electrons. The molecule has 1 unspecified atom stereocenters. The van der Waals surface area contributed by atoms with Crippen molar-refractivity contribution in [2.75, 3.05) is 25.4 Å². The fourth-order valence-electron chi connectivity index (χ4n) is 3.11. The number of ether oxygens (including phenoxy) is 1. The van der Waals surface area contributed by atoms with Crippen LogP contribution in [0, 0.1) is 6.92 Å². The monoisotopic (exact) mass is 384 g/mol. The molecule has 0 spiro atoms. The lowest BCUT2D eigenvalue weighted by atomic mass is 10.2. The number of carbonyl (C=O) groups excluding carboxylic acids is 2. The Morgan fingerprint density at radius 3 is 2.68 bits per heavy atom. The van der Waals surface area contributed by atoms with Gasteiger partial charge in [0.2, 0.25) is 15.9 Å². The van der Waals surface area contributed by atoms with Crippen molar-refractivity contribution in [3.8, 4) is 5.75 Å². The zero-order chi connectivity index (χ0) is 18.2. The molecular formula is C16H20N2O5S2. The van der Waals surface area contributed by atoms with E-state index in [2.05, 4.69) is 0 Å². The van der Waals surface area contributed by atoms with E-state index >= 15 is 0 Å². The van der Waals surface area contributed by atoms with E-state index in [-0.39, 0.29) is 34.4 Å². The lowest BCUT2D eigenvalue weighted by Crippen LogP contribution is -2.41. The Labute approximate surface area is 151 Å². The van der Waals surface area contributed by atoms with Gasteiger partial charge in [0.1, 0.15) is 5.75 Å². The van der Waals surface area contributed by atoms with Crippen LogP contribution < -0.4 is 4.74 Å². The molecule has 0 aliphatic carbocycles. The summed E-state index contributed by atoms with van der Waals surface area (Å²) in [7, 11) is -3.67. The van der Waals surface area contributed by atoms with E-state index in [1.54, 1.807) is 19.1 Å². The summed E-state index contributed by atoms with van der Waals surface area (Å²) in [4.78, 5) is 25.1. The first-order valence-electron chi connectivity index (χ1n) is 8.07. The van der Waals surface area contributed by atoms with Gasteiger partial charge in [0, 0.05) is 13.1 Å². The van der Waals surface area contributed by atoms with E-state index in [1.807, 2.05) is 6.92 Å². The molecule has 2 heterocycles. The van der Waals surface area contributed by atoms with E-state index in [9.17, 15) is 18.0 Å². The average molecular weight is 384 g/mol. The van der Waals surface area contributed by atoms with E-state index in [0.29, 0.717) is 25.3 Å². The summed E-state index contributed by atoms with van der Waals surface area (Å²) in [5.74, 6) is 0.558. The zero-order valence-corrected chi connectivity index (χ0v) is 15.7. The number of rotatable bonds is 5. The maximum Gasteiger partial charge on any atom is 0.289 e. The van der Waals surface area contributed by atoms with Gasteiger partial charge in [-0.2, -0.15) is 4.31 Å². The Morgan fingerprint density at radius 2 is 2.08 bits per heavy atom. The fourth-order valence-corrected chi connectivity index (χ4v) is 5.46.